The van der Waals surface area contributed by atoms with Crippen LogP contribution in [0, 0.1) is 5.92 Å². The molecule has 0 spiro atoms. The fourth-order valence-corrected chi connectivity index (χ4v) is 3.79. The number of nitrogens with zero attached hydrogens (tertiary/aromatic N) is 1. The molecule has 0 bridgehead atoms. The molecule has 17 heavy (non-hydrogen) atoms. The maximum absolute atomic E-state index is 5.57. The Labute approximate surface area is 109 Å². The smallest absolute Gasteiger partial charge is 0.157 e. The molecule has 2 saturated heterocycles. The van der Waals surface area contributed by atoms with Crippen LogP contribution in [0.2, 0.25) is 0 Å². The van der Waals surface area contributed by atoms with E-state index < -0.39 is 0 Å². The summed E-state index contributed by atoms with van der Waals surface area (Å²) >= 11 is 1.88. The Hall–Kier alpha value is -0.220. The van der Waals surface area contributed by atoms with E-state index in [0.29, 0.717) is 17.6 Å². The maximum Gasteiger partial charge on any atom is 0.157 e. The fraction of sp³-hybridized carbons (Fsp3) is 0.923. The van der Waals surface area contributed by atoms with Crippen LogP contribution in [-0.2, 0) is 4.74 Å². The molecule has 2 atom stereocenters. The largest absolute Gasteiger partial charge is 0.378 e. The lowest BCUT2D eigenvalue weighted by Crippen LogP contribution is -2.42. The second-order valence-electron chi connectivity index (χ2n) is 5.17. The molecule has 0 radical (unpaired) electrons. The van der Waals surface area contributed by atoms with Crippen molar-refractivity contribution < 1.29 is 4.74 Å². The second kappa shape index (κ2) is 5.61. The Kier molecular flexibility index (Phi) is 4.36. The zero-order chi connectivity index (χ0) is 12.3. The third kappa shape index (κ3) is 2.97. The van der Waals surface area contributed by atoms with Gasteiger partial charge in [-0.15, -0.1) is 0 Å². The molecule has 2 heterocycles. The third-order valence-electron chi connectivity index (χ3n) is 4.21. The first-order valence-electron chi connectivity index (χ1n) is 6.76. The lowest BCUT2D eigenvalue weighted by atomic mass is 9.96. The Morgan fingerprint density at radius 2 is 2.24 bits per heavy atom. The van der Waals surface area contributed by atoms with E-state index in [1.807, 2.05) is 11.8 Å². The van der Waals surface area contributed by atoms with Crippen LogP contribution < -0.4 is 5.32 Å². The van der Waals surface area contributed by atoms with Crippen molar-refractivity contribution in [3.8, 4) is 0 Å². The molecule has 1 N–H and O–H groups in total. The molecular weight excluding hydrogens is 232 g/mol. The summed E-state index contributed by atoms with van der Waals surface area (Å²) in [5, 5.41) is 4.76. The van der Waals surface area contributed by atoms with E-state index in [9.17, 15) is 0 Å². The van der Waals surface area contributed by atoms with Crippen molar-refractivity contribution in [1.82, 2.24) is 5.32 Å². The van der Waals surface area contributed by atoms with Gasteiger partial charge in [0.25, 0.3) is 0 Å². The number of amidine groups is 1. The lowest BCUT2D eigenvalue weighted by Gasteiger charge is -2.25. The summed E-state index contributed by atoms with van der Waals surface area (Å²) in [7, 11) is 0. The molecule has 2 aliphatic heterocycles. The summed E-state index contributed by atoms with van der Waals surface area (Å²) in [4.78, 5) is 4.74. The van der Waals surface area contributed by atoms with Crippen molar-refractivity contribution in [3.05, 3.63) is 0 Å². The van der Waals surface area contributed by atoms with Gasteiger partial charge in [0.05, 0.1) is 6.10 Å². The van der Waals surface area contributed by atoms with E-state index in [-0.39, 0.29) is 0 Å². The summed E-state index contributed by atoms with van der Waals surface area (Å²) in [6.07, 6.45) is 3.90. The van der Waals surface area contributed by atoms with E-state index in [1.165, 1.54) is 12.8 Å². The van der Waals surface area contributed by atoms with Crippen LogP contribution in [0.15, 0.2) is 4.99 Å². The number of hydrogen-bond donors (Lipinski definition) is 1. The van der Waals surface area contributed by atoms with Crippen molar-refractivity contribution in [1.29, 1.82) is 0 Å². The average Bonchev–Trinajstić information content (AvgIpc) is 2.94. The SMILES string of the molecule is CCC1(CC)CSC(=NCC2CCOC2C)N1. The normalized spacial score (nSPS) is 34.2. The monoisotopic (exact) mass is 256 g/mol. The molecule has 2 fully saturated rings. The number of ether oxygens (including phenoxy) is 1. The van der Waals surface area contributed by atoms with Crippen LogP contribution in [0.3, 0.4) is 0 Å². The summed E-state index contributed by atoms with van der Waals surface area (Å²) in [6, 6.07) is 0. The van der Waals surface area contributed by atoms with Gasteiger partial charge in [0.2, 0.25) is 0 Å². The highest BCUT2D eigenvalue weighted by Gasteiger charge is 2.34. The molecule has 3 nitrogen and oxygen atoms in total. The Morgan fingerprint density at radius 3 is 2.76 bits per heavy atom. The third-order valence-corrected chi connectivity index (χ3v) is 5.41. The molecule has 0 amide bonds. The fourth-order valence-electron chi connectivity index (χ4n) is 2.44. The van der Waals surface area contributed by atoms with E-state index in [4.69, 9.17) is 9.73 Å². The molecule has 0 aliphatic carbocycles. The Balaban J connectivity index is 1.87. The number of aliphatic imine (C=N–C) groups is 1. The van der Waals surface area contributed by atoms with Crippen LogP contribution in [0.5, 0.6) is 0 Å². The molecule has 2 rings (SSSR count). The molecule has 2 aliphatic rings. The summed E-state index contributed by atoms with van der Waals surface area (Å²) in [5.41, 5.74) is 0.293. The molecule has 98 valence electrons. The van der Waals surface area contributed by atoms with Crippen LogP contribution in [0.1, 0.15) is 40.0 Å². The van der Waals surface area contributed by atoms with Crippen molar-refractivity contribution in [3.63, 3.8) is 0 Å². The minimum Gasteiger partial charge on any atom is -0.378 e. The molecule has 4 heteroatoms. The van der Waals surface area contributed by atoms with Crippen LogP contribution in [0.25, 0.3) is 0 Å². The van der Waals surface area contributed by atoms with Gasteiger partial charge in [0, 0.05) is 30.4 Å². The molecular formula is C13H24N2OS. The number of hydrogen-bond acceptors (Lipinski definition) is 3. The van der Waals surface area contributed by atoms with Gasteiger partial charge in [0.15, 0.2) is 5.17 Å². The highest BCUT2D eigenvalue weighted by atomic mass is 32.2. The van der Waals surface area contributed by atoms with Crippen LogP contribution in [-0.4, -0.2) is 35.7 Å². The van der Waals surface area contributed by atoms with E-state index in [2.05, 4.69) is 26.1 Å². The van der Waals surface area contributed by atoms with Gasteiger partial charge in [-0.3, -0.25) is 4.99 Å². The van der Waals surface area contributed by atoms with Gasteiger partial charge in [-0.05, 0) is 26.2 Å². The summed E-state index contributed by atoms with van der Waals surface area (Å²) < 4.78 is 5.57. The zero-order valence-corrected chi connectivity index (χ0v) is 12.0. The van der Waals surface area contributed by atoms with Gasteiger partial charge in [-0.25, -0.2) is 0 Å². The first kappa shape index (κ1) is 13.2. The first-order chi connectivity index (χ1) is 8.19. The van der Waals surface area contributed by atoms with E-state index >= 15 is 0 Å². The highest BCUT2D eigenvalue weighted by molar-refractivity contribution is 8.14. The average molecular weight is 256 g/mol. The van der Waals surface area contributed by atoms with Crippen molar-refractivity contribution in [2.24, 2.45) is 10.9 Å². The van der Waals surface area contributed by atoms with E-state index in [1.54, 1.807) is 0 Å². The molecule has 0 aromatic heterocycles. The topological polar surface area (TPSA) is 33.6 Å². The Morgan fingerprint density at radius 1 is 1.47 bits per heavy atom. The predicted octanol–water partition coefficient (Wildman–Crippen LogP) is 2.66. The van der Waals surface area contributed by atoms with E-state index in [0.717, 1.165) is 30.5 Å². The standard InChI is InChI=1S/C13H24N2OS/c1-4-13(5-2)9-17-12(15-13)14-8-11-6-7-16-10(11)3/h10-11H,4-9H2,1-3H3,(H,14,15). The van der Waals surface area contributed by atoms with Gasteiger partial charge in [-0.1, -0.05) is 25.6 Å². The van der Waals surface area contributed by atoms with Crippen LogP contribution in [0.4, 0.5) is 0 Å². The highest BCUT2D eigenvalue weighted by Crippen LogP contribution is 2.29. The number of thioether (sulfide) groups is 1. The second-order valence-corrected chi connectivity index (χ2v) is 6.14. The molecule has 0 aromatic rings. The summed E-state index contributed by atoms with van der Waals surface area (Å²) in [5.74, 6) is 1.78. The molecule has 0 aromatic carbocycles. The van der Waals surface area contributed by atoms with Crippen molar-refractivity contribution >= 4 is 16.9 Å². The minimum absolute atomic E-state index is 0.293. The number of nitrogens with one attached hydrogen (secondary N) is 1. The van der Waals surface area contributed by atoms with Gasteiger partial charge >= 0.3 is 0 Å². The minimum atomic E-state index is 0.293. The van der Waals surface area contributed by atoms with Crippen molar-refractivity contribution in [2.75, 3.05) is 18.9 Å². The Bertz CT molecular complexity index is 289. The van der Waals surface area contributed by atoms with Gasteiger partial charge in [-0.2, -0.15) is 0 Å². The first-order valence-corrected chi connectivity index (χ1v) is 7.74. The van der Waals surface area contributed by atoms with Crippen LogP contribution >= 0.6 is 11.8 Å². The quantitative estimate of drug-likeness (QED) is 0.839. The zero-order valence-electron chi connectivity index (χ0n) is 11.2. The molecule has 0 saturated carbocycles. The van der Waals surface area contributed by atoms with Crippen molar-refractivity contribution in [2.45, 2.75) is 51.7 Å². The van der Waals surface area contributed by atoms with Gasteiger partial charge in [0.1, 0.15) is 0 Å². The molecule has 2 unspecified atom stereocenters. The summed E-state index contributed by atoms with van der Waals surface area (Å²) in [6.45, 7) is 8.50. The predicted molar refractivity (Wildman–Crippen MR) is 74.7 cm³/mol. The maximum atomic E-state index is 5.57. The van der Waals surface area contributed by atoms with Gasteiger partial charge < -0.3 is 10.1 Å². The lowest BCUT2D eigenvalue weighted by molar-refractivity contribution is 0.107. The number of rotatable bonds is 4.